The van der Waals surface area contributed by atoms with Gasteiger partial charge in [0.05, 0.1) is 24.9 Å². The number of aryl methyl sites for hydroxylation is 1. The second-order valence-electron chi connectivity index (χ2n) is 4.34. The number of thiophene rings is 1. The fourth-order valence-corrected chi connectivity index (χ4v) is 2.41. The summed E-state index contributed by atoms with van der Waals surface area (Å²) in [5, 5.41) is 24.8. The molecule has 0 aliphatic rings. The number of aliphatic hydroxyl groups is 1. The van der Waals surface area contributed by atoms with Crippen molar-refractivity contribution in [2.75, 3.05) is 0 Å². The molecule has 0 fully saturated rings. The molecule has 0 spiro atoms. The molecule has 6 nitrogen and oxygen atoms in total. The Hall–Kier alpha value is -2.25. The van der Waals surface area contributed by atoms with Crippen molar-refractivity contribution in [1.82, 2.24) is 10.4 Å². The van der Waals surface area contributed by atoms with Gasteiger partial charge in [0.25, 0.3) is 0 Å². The number of aliphatic hydroxyl groups excluding tert-OH is 1. The van der Waals surface area contributed by atoms with Gasteiger partial charge in [-0.05, 0) is 18.4 Å². The minimum Gasteiger partial charge on any atom is -0.505 e. The number of hydrogen-bond donors (Lipinski definition) is 3. The van der Waals surface area contributed by atoms with E-state index in [0.717, 1.165) is 4.88 Å². The monoisotopic (exact) mass is 305 g/mol. The van der Waals surface area contributed by atoms with Gasteiger partial charge in [0.1, 0.15) is 5.75 Å². The lowest BCUT2D eigenvalue weighted by Crippen LogP contribution is -2.19. The molecule has 21 heavy (non-hydrogen) atoms. The van der Waals surface area contributed by atoms with Crippen molar-refractivity contribution in [1.29, 1.82) is 0 Å². The van der Waals surface area contributed by atoms with E-state index < -0.39 is 0 Å². The number of aromatic nitrogens is 1. The van der Waals surface area contributed by atoms with Gasteiger partial charge in [0.2, 0.25) is 5.91 Å². The predicted octanol–water partition coefficient (Wildman–Crippen LogP) is 1.34. The van der Waals surface area contributed by atoms with Crippen LogP contribution in [-0.2, 0) is 17.8 Å². The highest BCUT2D eigenvalue weighted by atomic mass is 32.1. The molecule has 2 rings (SSSR count). The van der Waals surface area contributed by atoms with Gasteiger partial charge in [-0.15, -0.1) is 11.3 Å². The average Bonchev–Trinajstić information content (AvgIpc) is 2.96. The smallest absolute Gasteiger partial charge is 0.245 e. The van der Waals surface area contributed by atoms with Crippen LogP contribution in [0.1, 0.15) is 21.7 Å². The van der Waals surface area contributed by atoms with Crippen LogP contribution in [0.2, 0.25) is 0 Å². The van der Waals surface area contributed by atoms with Crippen LogP contribution in [0, 0.1) is 6.92 Å². The van der Waals surface area contributed by atoms with Gasteiger partial charge in [-0.3, -0.25) is 9.78 Å². The zero-order valence-electron chi connectivity index (χ0n) is 11.4. The number of amides is 1. The lowest BCUT2D eigenvalue weighted by Gasteiger charge is -2.06. The zero-order valence-corrected chi connectivity index (χ0v) is 12.2. The predicted molar refractivity (Wildman–Crippen MR) is 80.3 cm³/mol. The number of carbonyl (C=O) groups excluding carboxylic acids is 1. The van der Waals surface area contributed by atoms with Crippen LogP contribution in [0.3, 0.4) is 0 Å². The van der Waals surface area contributed by atoms with Crippen LogP contribution in [0.25, 0.3) is 0 Å². The molecule has 2 aromatic rings. The first-order valence-electron chi connectivity index (χ1n) is 6.24. The molecule has 0 saturated carbocycles. The Labute approximate surface area is 125 Å². The highest BCUT2D eigenvalue weighted by Gasteiger charge is 2.09. The maximum Gasteiger partial charge on any atom is 0.245 e. The van der Waals surface area contributed by atoms with Gasteiger partial charge in [-0.1, -0.05) is 6.07 Å². The Balaban J connectivity index is 2.04. The fourth-order valence-electron chi connectivity index (χ4n) is 1.70. The Morgan fingerprint density at radius 2 is 2.38 bits per heavy atom. The molecule has 0 unspecified atom stereocenters. The van der Waals surface area contributed by atoms with Gasteiger partial charge in [0.15, 0.2) is 0 Å². The molecule has 0 atom stereocenters. The summed E-state index contributed by atoms with van der Waals surface area (Å²) in [6.07, 6.45) is 3.02. The molecule has 0 radical (unpaired) electrons. The first-order valence-corrected chi connectivity index (χ1v) is 7.12. The average molecular weight is 305 g/mol. The maximum atomic E-state index is 11.7. The summed E-state index contributed by atoms with van der Waals surface area (Å²) in [6, 6.07) is 3.75. The highest BCUT2D eigenvalue weighted by Crippen LogP contribution is 2.21. The van der Waals surface area contributed by atoms with Crippen molar-refractivity contribution in [2.45, 2.75) is 20.0 Å². The van der Waals surface area contributed by atoms with E-state index in [-0.39, 0.29) is 24.7 Å². The van der Waals surface area contributed by atoms with Crippen LogP contribution in [-0.4, -0.2) is 27.3 Å². The van der Waals surface area contributed by atoms with Crippen LogP contribution in [0.15, 0.2) is 28.8 Å². The lowest BCUT2D eigenvalue weighted by molar-refractivity contribution is -0.120. The van der Waals surface area contributed by atoms with Crippen molar-refractivity contribution in [3.8, 4) is 5.75 Å². The summed E-state index contributed by atoms with van der Waals surface area (Å²) in [4.78, 5) is 16.6. The molecule has 1 amide bonds. The summed E-state index contributed by atoms with van der Waals surface area (Å²) < 4.78 is 0. The quantitative estimate of drug-likeness (QED) is 0.574. The van der Waals surface area contributed by atoms with E-state index in [4.69, 9.17) is 0 Å². The molecule has 0 aromatic carbocycles. The van der Waals surface area contributed by atoms with Crippen molar-refractivity contribution in [3.05, 3.63) is 45.4 Å². The summed E-state index contributed by atoms with van der Waals surface area (Å²) in [5.41, 5.74) is 3.61. The number of carbonyl (C=O) groups is 1. The molecule has 0 aliphatic carbocycles. The molecule has 0 aliphatic heterocycles. The van der Waals surface area contributed by atoms with E-state index in [1.807, 2.05) is 17.5 Å². The van der Waals surface area contributed by atoms with Gasteiger partial charge in [0, 0.05) is 22.2 Å². The summed E-state index contributed by atoms with van der Waals surface area (Å²) in [7, 11) is 0. The minimum absolute atomic E-state index is 0.0576. The number of rotatable bonds is 5. The second kappa shape index (κ2) is 6.96. The standard InChI is InChI=1S/C14H15N3O3S/c1-9-14(20)12(10(8-18)6-15-9)7-16-17-13(19)5-11-3-2-4-21-11/h2-4,6-7,18,20H,5,8H2,1H3,(H,17,19)/b16-7+. The molecule has 2 aromatic heterocycles. The SMILES string of the molecule is Cc1ncc(CO)c(/C=N/NC(=O)Cc2cccs2)c1O. The Morgan fingerprint density at radius 3 is 3.05 bits per heavy atom. The minimum atomic E-state index is -0.272. The third-order valence-electron chi connectivity index (χ3n) is 2.83. The number of nitrogens with one attached hydrogen (secondary N) is 1. The highest BCUT2D eigenvalue weighted by molar-refractivity contribution is 7.10. The number of pyridine rings is 1. The molecular weight excluding hydrogens is 290 g/mol. The molecule has 3 N–H and O–H groups in total. The van der Waals surface area contributed by atoms with Crippen LogP contribution >= 0.6 is 11.3 Å². The molecular formula is C14H15N3O3S. The molecule has 110 valence electrons. The van der Waals surface area contributed by atoms with Crippen molar-refractivity contribution >= 4 is 23.5 Å². The van der Waals surface area contributed by atoms with E-state index >= 15 is 0 Å². The summed E-state index contributed by atoms with van der Waals surface area (Å²) in [6.45, 7) is 1.37. The van der Waals surface area contributed by atoms with E-state index in [9.17, 15) is 15.0 Å². The van der Waals surface area contributed by atoms with E-state index in [1.165, 1.54) is 23.7 Å². The van der Waals surface area contributed by atoms with Gasteiger partial charge in [-0.25, -0.2) is 5.43 Å². The number of nitrogens with zero attached hydrogens (tertiary/aromatic N) is 2. The second-order valence-corrected chi connectivity index (χ2v) is 5.37. The van der Waals surface area contributed by atoms with E-state index in [1.54, 1.807) is 6.92 Å². The van der Waals surface area contributed by atoms with Gasteiger partial charge >= 0.3 is 0 Å². The van der Waals surface area contributed by atoms with Crippen molar-refractivity contribution in [3.63, 3.8) is 0 Å². The molecule has 0 bridgehead atoms. The fraction of sp³-hybridized carbons (Fsp3) is 0.214. The summed E-state index contributed by atoms with van der Waals surface area (Å²) in [5.74, 6) is -0.303. The van der Waals surface area contributed by atoms with E-state index in [2.05, 4.69) is 15.5 Å². The first-order chi connectivity index (χ1) is 10.1. The largest absolute Gasteiger partial charge is 0.505 e. The molecule has 2 heterocycles. The van der Waals surface area contributed by atoms with Crippen molar-refractivity contribution in [2.24, 2.45) is 5.10 Å². The molecule has 0 saturated heterocycles. The third kappa shape index (κ3) is 3.87. The number of hydrogen-bond acceptors (Lipinski definition) is 6. The maximum absolute atomic E-state index is 11.7. The normalized spacial score (nSPS) is 11.0. The van der Waals surface area contributed by atoms with Crippen molar-refractivity contribution < 1.29 is 15.0 Å². The van der Waals surface area contributed by atoms with Crippen LogP contribution < -0.4 is 5.43 Å². The number of aromatic hydroxyl groups is 1. The lowest BCUT2D eigenvalue weighted by atomic mass is 10.1. The summed E-state index contributed by atoms with van der Waals surface area (Å²) >= 11 is 1.50. The first kappa shape index (κ1) is 15.1. The molecule has 7 heteroatoms. The number of hydrazone groups is 1. The Kier molecular flexibility index (Phi) is 5.02. The van der Waals surface area contributed by atoms with Crippen LogP contribution in [0.5, 0.6) is 5.75 Å². The topological polar surface area (TPSA) is 94.8 Å². The van der Waals surface area contributed by atoms with Crippen LogP contribution in [0.4, 0.5) is 0 Å². The van der Waals surface area contributed by atoms with E-state index in [0.29, 0.717) is 16.8 Å². The van der Waals surface area contributed by atoms with Gasteiger partial charge in [-0.2, -0.15) is 5.10 Å². The Bertz CT molecular complexity index is 654. The zero-order chi connectivity index (χ0) is 15.2. The van der Waals surface area contributed by atoms with Gasteiger partial charge < -0.3 is 10.2 Å². The third-order valence-corrected chi connectivity index (χ3v) is 3.70. The Morgan fingerprint density at radius 1 is 1.57 bits per heavy atom.